The molecule has 2 aromatic heterocycles. The summed E-state index contributed by atoms with van der Waals surface area (Å²) >= 11 is 0. The molecule has 7 heteroatoms. The van der Waals surface area contributed by atoms with Gasteiger partial charge in [0.25, 0.3) is 0 Å². The Kier molecular flexibility index (Phi) is 6.46. The number of hydrogen-bond acceptors (Lipinski definition) is 6. The standard InChI is InChI=1S/C20H25FN6/c1-3-5-13-27(14-6-4-2)20-25-18-17(22-11-12-23-18)19(26-20)24-16-9-7-15(21)8-10-16/h7-12H,3-6,13-14H2,1-2H3,(H,23,24,25,26). The Labute approximate surface area is 158 Å². The zero-order valence-corrected chi connectivity index (χ0v) is 15.8. The molecule has 0 aliphatic heterocycles. The van der Waals surface area contributed by atoms with Gasteiger partial charge in [-0.1, -0.05) is 26.7 Å². The Bertz CT molecular complexity index is 860. The molecule has 1 aromatic carbocycles. The number of benzene rings is 1. The van der Waals surface area contributed by atoms with Crippen molar-refractivity contribution in [1.82, 2.24) is 19.9 Å². The van der Waals surface area contributed by atoms with E-state index in [0.29, 0.717) is 22.9 Å². The van der Waals surface area contributed by atoms with E-state index in [9.17, 15) is 4.39 Å². The van der Waals surface area contributed by atoms with Crippen molar-refractivity contribution in [2.24, 2.45) is 0 Å². The predicted octanol–water partition coefficient (Wildman–Crippen LogP) is 4.71. The van der Waals surface area contributed by atoms with E-state index in [-0.39, 0.29) is 5.82 Å². The first kappa shape index (κ1) is 18.9. The van der Waals surface area contributed by atoms with Gasteiger partial charge in [-0.05, 0) is 37.1 Å². The minimum atomic E-state index is -0.279. The van der Waals surface area contributed by atoms with E-state index in [1.165, 1.54) is 12.1 Å². The van der Waals surface area contributed by atoms with Crippen LogP contribution in [0.25, 0.3) is 11.2 Å². The van der Waals surface area contributed by atoms with Gasteiger partial charge in [-0.25, -0.2) is 14.4 Å². The van der Waals surface area contributed by atoms with Gasteiger partial charge in [0.1, 0.15) is 5.82 Å². The third-order valence-electron chi connectivity index (χ3n) is 4.27. The third-order valence-corrected chi connectivity index (χ3v) is 4.27. The molecule has 3 rings (SSSR count). The minimum absolute atomic E-state index is 0.279. The van der Waals surface area contributed by atoms with Gasteiger partial charge in [0.2, 0.25) is 5.95 Å². The molecular formula is C20H25FN6. The molecule has 0 atom stereocenters. The fraction of sp³-hybridized carbons (Fsp3) is 0.400. The van der Waals surface area contributed by atoms with E-state index < -0.39 is 0 Å². The molecule has 1 N–H and O–H groups in total. The number of nitrogens with zero attached hydrogens (tertiary/aromatic N) is 5. The van der Waals surface area contributed by atoms with Crippen molar-refractivity contribution in [1.29, 1.82) is 0 Å². The van der Waals surface area contributed by atoms with Crippen LogP contribution in [0, 0.1) is 5.82 Å². The highest BCUT2D eigenvalue weighted by Gasteiger charge is 2.15. The van der Waals surface area contributed by atoms with E-state index >= 15 is 0 Å². The maximum absolute atomic E-state index is 13.2. The number of hydrogen-bond donors (Lipinski definition) is 1. The molecule has 6 nitrogen and oxygen atoms in total. The van der Waals surface area contributed by atoms with Crippen LogP contribution in [-0.2, 0) is 0 Å². The zero-order chi connectivity index (χ0) is 19.1. The van der Waals surface area contributed by atoms with E-state index in [1.807, 2.05) is 0 Å². The van der Waals surface area contributed by atoms with Crippen LogP contribution >= 0.6 is 0 Å². The molecule has 2 heterocycles. The molecule has 0 bridgehead atoms. The third kappa shape index (κ3) is 4.87. The lowest BCUT2D eigenvalue weighted by molar-refractivity contribution is 0.628. The number of nitrogens with one attached hydrogen (secondary N) is 1. The molecule has 142 valence electrons. The number of fused-ring (bicyclic) bond motifs is 1. The second-order valence-corrected chi connectivity index (χ2v) is 6.43. The minimum Gasteiger partial charge on any atom is -0.341 e. The lowest BCUT2D eigenvalue weighted by Gasteiger charge is -2.23. The molecule has 0 spiro atoms. The average Bonchev–Trinajstić information content (AvgIpc) is 2.70. The number of halogens is 1. The van der Waals surface area contributed by atoms with Crippen molar-refractivity contribution in [3.63, 3.8) is 0 Å². The summed E-state index contributed by atoms with van der Waals surface area (Å²) in [5.74, 6) is 0.945. The fourth-order valence-electron chi connectivity index (χ4n) is 2.76. The average molecular weight is 368 g/mol. The van der Waals surface area contributed by atoms with Crippen LogP contribution in [0.4, 0.5) is 21.8 Å². The first-order valence-corrected chi connectivity index (χ1v) is 9.47. The molecule has 0 aliphatic rings. The molecule has 0 saturated heterocycles. The summed E-state index contributed by atoms with van der Waals surface area (Å²) in [7, 11) is 0. The van der Waals surface area contributed by atoms with Crippen molar-refractivity contribution in [3.05, 3.63) is 42.5 Å². The van der Waals surface area contributed by atoms with Gasteiger partial charge in [-0.2, -0.15) is 9.97 Å². The van der Waals surface area contributed by atoms with E-state index in [4.69, 9.17) is 4.98 Å². The molecule has 27 heavy (non-hydrogen) atoms. The molecule has 0 aliphatic carbocycles. The smallest absolute Gasteiger partial charge is 0.229 e. The summed E-state index contributed by atoms with van der Waals surface area (Å²) in [4.78, 5) is 20.3. The van der Waals surface area contributed by atoms with Crippen LogP contribution in [-0.4, -0.2) is 33.0 Å². The van der Waals surface area contributed by atoms with Gasteiger partial charge in [0.15, 0.2) is 17.0 Å². The highest BCUT2D eigenvalue weighted by Crippen LogP contribution is 2.24. The number of aromatic nitrogens is 4. The van der Waals surface area contributed by atoms with Crippen LogP contribution in [0.1, 0.15) is 39.5 Å². The van der Waals surface area contributed by atoms with E-state index in [1.54, 1.807) is 24.5 Å². The second-order valence-electron chi connectivity index (χ2n) is 6.43. The van der Waals surface area contributed by atoms with Crippen LogP contribution < -0.4 is 10.2 Å². The highest BCUT2D eigenvalue weighted by molar-refractivity contribution is 5.85. The van der Waals surface area contributed by atoms with Crippen LogP contribution in [0.2, 0.25) is 0 Å². The summed E-state index contributed by atoms with van der Waals surface area (Å²) in [6.45, 7) is 6.15. The van der Waals surface area contributed by atoms with Gasteiger partial charge in [-0.3, -0.25) is 0 Å². The topological polar surface area (TPSA) is 66.8 Å². The van der Waals surface area contributed by atoms with Gasteiger partial charge in [-0.15, -0.1) is 0 Å². The molecule has 0 fully saturated rings. The second kappa shape index (κ2) is 9.21. The lowest BCUT2D eigenvalue weighted by Crippen LogP contribution is -2.28. The fourth-order valence-corrected chi connectivity index (χ4v) is 2.76. The Balaban J connectivity index is 1.99. The van der Waals surface area contributed by atoms with Gasteiger partial charge >= 0.3 is 0 Å². The summed E-state index contributed by atoms with van der Waals surface area (Å²) in [5, 5.41) is 3.23. The first-order valence-electron chi connectivity index (χ1n) is 9.47. The molecule has 0 amide bonds. The number of unbranched alkanes of at least 4 members (excludes halogenated alkanes) is 2. The Morgan fingerprint density at radius 3 is 2.26 bits per heavy atom. The Morgan fingerprint density at radius 1 is 0.926 bits per heavy atom. The molecule has 0 radical (unpaired) electrons. The largest absolute Gasteiger partial charge is 0.341 e. The molecular weight excluding hydrogens is 343 g/mol. The number of rotatable bonds is 9. The van der Waals surface area contributed by atoms with E-state index in [2.05, 4.69) is 39.0 Å². The number of anilines is 3. The van der Waals surface area contributed by atoms with Crippen molar-refractivity contribution in [3.8, 4) is 0 Å². The predicted molar refractivity (Wildman–Crippen MR) is 107 cm³/mol. The summed E-state index contributed by atoms with van der Waals surface area (Å²) in [6.07, 6.45) is 7.61. The Hall–Kier alpha value is -2.83. The summed E-state index contributed by atoms with van der Waals surface area (Å²) < 4.78 is 13.2. The van der Waals surface area contributed by atoms with Crippen LogP contribution in [0.5, 0.6) is 0 Å². The molecule has 3 aromatic rings. The maximum Gasteiger partial charge on any atom is 0.229 e. The van der Waals surface area contributed by atoms with Crippen molar-refractivity contribution < 1.29 is 4.39 Å². The highest BCUT2D eigenvalue weighted by atomic mass is 19.1. The quantitative estimate of drug-likeness (QED) is 0.590. The SMILES string of the molecule is CCCCN(CCCC)c1nc(Nc2ccc(F)cc2)c2nccnc2n1. The lowest BCUT2D eigenvalue weighted by atomic mass is 10.2. The zero-order valence-electron chi connectivity index (χ0n) is 15.8. The maximum atomic E-state index is 13.2. The first-order chi connectivity index (χ1) is 13.2. The van der Waals surface area contributed by atoms with Crippen molar-refractivity contribution >= 4 is 28.6 Å². The monoisotopic (exact) mass is 368 g/mol. The normalized spacial score (nSPS) is 10.9. The Morgan fingerprint density at radius 2 is 1.59 bits per heavy atom. The van der Waals surface area contributed by atoms with Gasteiger partial charge < -0.3 is 10.2 Å². The summed E-state index contributed by atoms with van der Waals surface area (Å²) in [5.41, 5.74) is 1.88. The van der Waals surface area contributed by atoms with Gasteiger partial charge in [0, 0.05) is 31.2 Å². The van der Waals surface area contributed by atoms with Crippen LogP contribution in [0.3, 0.4) is 0 Å². The van der Waals surface area contributed by atoms with Crippen molar-refractivity contribution in [2.75, 3.05) is 23.3 Å². The van der Waals surface area contributed by atoms with Gasteiger partial charge in [0.05, 0.1) is 0 Å². The summed E-state index contributed by atoms with van der Waals surface area (Å²) in [6, 6.07) is 6.16. The van der Waals surface area contributed by atoms with E-state index in [0.717, 1.165) is 44.5 Å². The van der Waals surface area contributed by atoms with Crippen LogP contribution in [0.15, 0.2) is 36.7 Å². The molecule has 0 saturated carbocycles. The molecule has 0 unspecified atom stereocenters. The van der Waals surface area contributed by atoms with Crippen molar-refractivity contribution in [2.45, 2.75) is 39.5 Å².